The number of hydrogen-bond donors (Lipinski definition) is 0. The molecule has 0 aliphatic carbocycles. The fraction of sp³-hybridized carbons (Fsp3) is 0.375. The molecule has 0 spiro atoms. The number of aromatic nitrogens is 4. The van der Waals surface area contributed by atoms with Crippen LogP contribution in [0, 0.1) is 20.8 Å². The zero-order chi connectivity index (χ0) is 16.6. The number of ether oxygens (including phenoxy) is 1. The standard InChI is InChI=1S/C16H18N4O2S/c1-5-13-18-12(8-23-13)7-22-16(21)14-11(4)19-20-10(3)6-9(2)17-15(14)20/h6,8H,5,7H2,1-4H3. The van der Waals surface area contributed by atoms with E-state index in [1.807, 2.05) is 32.2 Å². The molecule has 0 aliphatic rings. The van der Waals surface area contributed by atoms with E-state index in [-0.39, 0.29) is 6.61 Å². The summed E-state index contributed by atoms with van der Waals surface area (Å²) in [6.45, 7) is 7.83. The van der Waals surface area contributed by atoms with Gasteiger partial charge in [-0.15, -0.1) is 11.3 Å². The molecular formula is C16H18N4O2S. The molecule has 0 saturated carbocycles. The van der Waals surface area contributed by atoms with Crippen molar-refractivity contribution in [3.05, 3.63) is 44.8 Å². The molecule has 23 heavy (non-hydrogen) atoms. The van der Waals surface area contributed by atoms with Crippen molar-refractivity contribution in [2.75, 3.05) is 0 Å². The summed E-state index contributed by atoms with van der Waals surface area (Å²) in [4.78, 5) is 21.3. The largest absolute Gasteiger partial charge is 0.455 e. The van der Waals surface area contributed by atoms with E-state index in [0.29, 0.717) is 16.9 Å². The molecule has 0 aromatic carbocycles. The van der Waals surface area contributed by atoms with Crippen LogP contribution in [0.3, 0.4) is 0 Å². The molecule has 0 amide bonds. The van der Waals surface area contributed by atoms with E-state index in [1.165, 1.54) is 0 Å². The molecule has 3 rings (SSSR count). The maximum Gasteiger partial charge on any atom is 0.344 e. The summed E-state index contributed by atoms with van der Waals surface area (Å²) in [6.07, 6.45) is 0.883. The van der Waals surface area contributed by atoms with Gasteiger partial charge in [0, 0.05) is 16.8 Å². The lowest BCUT2D eigenvalue weighted by Crippen LogP contribution is -2.08. The van der Waals surface area contributed by atoms with Gasteiger partial charge in [0.1, 0.15) is 12.2 Å². The summed E-state index contributed by atoms with van der Waals surface area (Å²) in [7, 11) is 0. The third-order valence-corrected chi connectivity index (χ3v) is 4.57. The zero-order valence-corrected chi connectivity index (χ0v) is 14.4. The van der Waals surface area contributed by atoms with Crippen molar-refractivity contribution in [1.82, 2.24) is 19.6 Å². The Hall–Kier alpha value is -2.28. The van der Waals surface area contributed by atoms with E-state index in [4.69, 9.17) is 4.74 Å². The lowest BCUT2D eigenvalue weighted by molar-refractivity contribution is 0.0469. The second-order valence-electron chi connectivity index (χ2n) is 5.40. The monoisotopic (exact) mass is 330 g/mol. The molecule has 0 N–H and O–H groups in total. The van der Waals surface area contributed by atoms with E-state index >= 15 is 0 Å². The SMILES string of the molecule is CCc1nc(COC(=O)c2c(C)nn3c(C)cc(C)nc23)cs1. The van der Waals surface area contributed by atoms with Crippen LogP contribution in [0.5, 0.6) is 0 Å². The Labute approximate surface area is 138 Å². The molecule has 0 atom stereocenters. The number of aryl methyl sites for hydroxylation is 4. The molecular weight excluding hydrogens is 312 g/mol. The molecule has 0 unspecified atom stereocenters. The van der Waals surface area contributed by atoms with Gasteiger partial charge in [-0.1, -0.05) is 6.92 Å². The van der Waals surface area contributed by atoms with Gasteiger partial charge in [0.25, 0.3) is 0 Å². The van der Waals surface area contributed by atoms with Crippen LogP contribution < -0.4 is 0 Å². The van der Waals surface area contributed by atoms with Crippen LogP contribution in [0.25, 0.3) is 5.65 Å². The average molecular weight is 330 g/mol. The normalized spacial score (nSPS) is 11.1. The first-order valence-corrected chi connectivity index (χ1v) is 8.31. The van der Waals surface area contributed by atoms with Gasteiger partial charge in [0.05, 0.1) is 16.4 Å². The summed E-state index contributed by atoms with van der Waals surface area (Å²) in [5.41, 5.74) is 4.12. The van der Waals surface area contributed by atoms with E-state index in [0.717, 1.165) is 28.5 Å². The number of hydrogen-bond acceptors (Lipinski definition) is 6. The third kappa shape index (κ3) is 2.96. The molecule has 7 heteroatoms. The minimum absolute atomic E-state index is 0.164. The van der Waals surface area contributed by atoms with Gasteiger partial charge < -0.3 is 4.74 Å². The molecule has 3 aromatic heterocycles. The summed E-state index contributed by atoms with van der Waals surface area (Å²) in [5.74, 6) is -0.416. The first kappa shape index (κ1) is 15.6. The lowest BCUT2D eigenvalue weighted by Gasteiger charge is -2.04. The molecule has 3 aromatic rings. The maximum absolute atomic E-state index is 12.5. The second kappa shape index (κ2) is 6.08. The topological polar surface area (TPSA) is 69.4 Å². The van der Waals surface area contributed by atoms with Crippen LogP contribution in [0.15, 0.2) is 11.4 Å². The van der Waals surface area contributed by atoms with Crippen molar-refractivity contribution < 1.29 is 9.53 Å². The minimum atomic E-state index is -0.416. The van der Waals surface area contributed by atoms with Gasteiger partial charge in [-0.3, -0.25) is 0 Å². The number of fused-ring (bicyclic) bond motifs is 1. The van der Waals surface area contributed by atoms with Crippen LogP contribution >= 0.6 is 11.3 Å². The third-order valence-electron chi connectivity index (χ3n) is 3.53. The van der Waals surface area contributed by atoms with Crippen LogP contribution in [-0.2, 0) is 17.8 Å². The second-order valence-corrected chi connectivity index (χ2v) is 6.34. The van der Waals surface area contributed by atoms with Crippen molar-refractivity contribution in [2.45, 2.75) is 40.7 Å². The first-order valence-electron chi connectivity index (χ1n) is 7.43. The van der Waals surface area contributed by atoms with E-state index in [2.05, 4.69) is 15.1 Å². The van der Waals surface area contributed by atoms with Crippen molar-refractivity contribution in [2.24, 2.45) is 0 Å². The fourth-order valence-electron chi connectivity index (χ4n) is 2.46. The molecule has 0 radical (unpaired) electrons. The summed E-state index contributed by atoms with van der Waals surface area (Å²) < 4.78 is 7.09. The highest BCUT2D eigenvalue weighted by atomic mass is 32.1. The average Bonchev–Trinajstić information content (AvgIpc) is 3.09. The molecule has 120 valence electrons. The Morgan fingerprint density at radius 1 is 1.30 bits per heavy atom. The number of carbonyl (C=O) groups excluding carboxylic acids is 1. The van der Waals surface area contributed by atoms with Crippen molar-refractivity contribution in [1.29, 1.82) is 0 Å². The lowest BCUT2D eigenvalue weighted by atomic mass is 10.2. The number of nitrogens with zero attached hydrogens (tertiary/aromatic N) is 4. The Bertz CT molecular complexity index is 882. The van der Waals surface area contributed by atoms with E-state index in [1.54, 1.807) is 22.8 Å². The highest BCUT2D eigenvalue weighted by Crippen LogP contribution is 2.18. The predicted octanol–water partition coefficient (Wildman–Crippen LogP) is 3.03. The van der Waals surface area contributed by atoms with Gasteiger partial charge in [-0.2, -0.15) is 5.10 Å². The van der Waals surface area contributed by atoms with Gasteiger partial charge in [0.15, 0.2) is 5.65 Å². The Morgan fingerprint density at radius 2 is 2.09 bits per heavy atom. The molecule has 0 bridgehead atoms. The van der Waals surface area contributed by atoms with Crippen molar-refractivity contribution >= 4 is 23.0 Å². The highest BCUT2D eigenvalue weighted by Gasteiger charge is 2.21. The minimum Gasteiger partial charge on any atom is -0.455 e. The number of esters is 1. The summed E-state index contributed by atoms with van der Waals surface area (Å²) in [6, 6.07) is 1.93. The first-order chi connectivity index (χ1) is 11.0. The number of thiazole rings is 1. The predicted molar refractivity (Wildman–Crippen MR) is 87.8 cm³/mol. The van der Waals surface area contributed by atoms with Crippen LogP contribution in [0.2, 0.25) is 0 Å². The van der Waals surface area contributed by atoms with Crippen LogP contribution in [0.1, 0.15) is 45.1 Å². The van der Waals surface area contributed by atoms with E-state index < -0.39 is 5.97 Å². The molecule has 0 aliphatic heterocycles. The van der Waals surface area contributed by atoms with Gasteiger partial charge >= 0.3 is 5.97 Å². The Kier molecular flexibility index (Phi) is 4.12. The van der Waals surface area contributed by atoms with Gasteiger partial charge in [-0.05, 0) is 33.3 Å². The smallest absolute Gasteiger partial charge is 0.344 e. The van der Waals surface area contributed by atoms with Gasteiger partial charge in [0.2, 0.25) is 0 Å². The Morgan fingerprint density at radius 3 is 2.78 bits per heavy atom. The van der Waals surface area contributed by atoms with Gasteiger partial charge in [-0.25, -0.2) is 19.3 Å². The van der Waals surface area contributed by atoms with Crippen LogP contribution in [-0.4, -0.2) is 25.6 Å². The molecule has 3 heterocycles. The summed E-state index contributed by atoms with van der Waals surface area (Å²) >= 11 is 1.58. The molecule has 0 fully saturated rings. The quantitative estimate of drug-likeness (QED) is 0.688. The number of rotatable bonds is 4. The fourth-order valence-corrected chi connectivity index (χ4v) is 3.18. The van der Waals surface area contributed by atoms with Crippen molar-refractivity contribution in [3.63, 3.8) is 0 Å². The molecule has 6 nitrogen and oxygen atoms in total. The van der Waals surface area contributed by atoms with E-state index in [9.17, 15) is 4.79 Å². The maximum atomic E-state index is 12.5. The highest BCUT2D eigenvalue weighted by molar-refractivity contribution is 7.09. The zero-order valence-electron chi connectivity index (χ0n) is 13.6. The Balaban J connectivity index is 1.87. The molecule has 0 saturated heterocycles. The number of carbonyl (C=O) groups is 1. The summed E-state index contributed by atoms with van der Waals surface area (Å²) in [5, 5.41) is 7.34. The van der Waals surface area contributed by atoms with Crippen molar-refractivity contribution in [3.8, 4) is 0 Å². The van der Waals surface area contributed by atoms with Crippen LogP contribution in [0.4, 0.5) is 0 Å².